The van der Waals surface area contributed by atoms with E-state index in [0.29, 0.717) is 29.5 Å². The van der Waals surface area contributed by atoms with Crippen LogP contribution in [0.15, 0.2) is 89.8 Å². The van der Waals surface area contributed by atoms with Gasteiger partial charge in [-0.3, -0.25) is 4.79 Å². The number of hydrogen-bond donors (Lipinski definition) is 1. The maximum absolute atomic E-state index is 12.4. The molecule has 0 aliphatic heterocycles. The smallest absolute Gasteiger partial charge is 0.278 e. The number of aromatic nitrogens is 4. The third-order valence-corrected chi connectivity index (χ3v) is 5.41. The Labute approximate surface area is 197 Å². The predicted octanol–water partition coefficient (Wildman–Crippen LogP) is 5.52. The van der Waals surface area contributed by atoms with Crippen LogP contribution in [0, 0.1) is 13.8 Å². The molecule has 34 heavy (non-hydrogen) atoms. The van der Waals surface area contributed by atoms with Crippen molar-refractivity contribution in [2.75, 3.05) is 5.32 Å². The van der Waals surface area contributed by atoms with E-state index in [2.05, 4.69) is 20.4 Å². The number of benzene rings is 3. The first-order chi connectivity index (χ1) is 16.5. The standard InChI is InChI=1S/C27H23N5O2/c1-18-5-3-7-21(13-18)25-30-27(34-31-25)24-16-32(17-28-24)15-20-9-11-23(12-10-20)29-26(33)22-8-4-6-19(2)14-22/h3-14,16-17H,15H2,1-2H3,(H,29,33). The molecular weight excluding hydrogens is 426 g/mol. The van der Waals surface area contributed by atoms with Crippen molar-refractivity contribution in [3.05, 3.63) is 108 Å². The minimum Gasteiger partial charge on any atom is -0.332 e. The van der Waals surface area contributed by atoms with Gasteiger partial charge >= 0.3 is 0 Å². The molecule has 1 amide bonds. The van der Waals surface area contributed by atoms with E-state index in [1.54, 1.807) is 12.4 Å². The number of aryl methyl sites for hydroxylation is 2. The molecule has 3 aromatic carbocycles. The summed E-state index contributed by atoms with van der Waals surface area (Å²) in [5.74, 6) is 0.793. The van der Waals surface area contributed by atoms with Crippen LogP contribution in [-0.4, -0.2) is 25.6 Å². The summed E-state index contributed by atoms with van der Waals surface area (Å²) in [6.45, 7) is 4.61. The van der Waals surface area contributed by atoms with Gasteiger partial charge in [0.05, 0.1) is 6.33 Å². The van der Waals surface area contributed by atoms with Crippen LogP contribution in [0.25, 0.3) is 23.0 Å². The van der Waals surface area contributed by atoms with Gasteiger partial charge in [0.1, 0.15) is 5.69 Å². The van der Waals surface area contributed by atoms with E-state index in [0.717, 1.165) is 27.9 Å². The summed E-state index contributed by atoms with van der Waals surface area (Å²) in [6.07, 6.45) is 3.61. The van der Waals surface area contributed by atoms with E-state index in [-0.39, 0.29) is 5.91 Å². The molecule has 5 rings (SSSR count). The summed E-state index contributed by atoms with van der Waals surface area (Å²) in [5, 5.41) is 7.02. The van der Waals surface area contributed by atoms with E-state index in [4.69, 9.17) is 4.52 Å². The van der Waals surface area contributed by atoms with Gasteiger partial charge in [0.2, 0.25) is 5.82 Å². The molecule has 2 heterocycles. The molecule has 168 valence electrons. The maximum atomic E-state index is 12.4. The number of carbonyl (C=O) groups excluding carboxylic acids is 1. The Morgan fingerprint density at radius 1 is 0.971 bits per heavy atom. The minimum absolute atomic E-state index is 0.125. The van der Waals surface area contributed by atoms with E-state index >= 15 is 0 Å². The van der Waals surface area contributed by atoms with Gasteiger partial charge in [0.15, 0.2) is 0 Å². The molecule has 2 aromatic heterocycles. The normalized spacial score (nSPS) is 10.9. The first kappa shape index (κ1) is 21.3. The summed E-state index contributed by atoms with van der Waals surface area (Å²) in [5.41, 5.74) is 6.17. The zero-order chi connectivity index (χ0) is 23.5. The number of imidazole rings is 1. The molecule has 0 unspecified atom stereocenters. The highest BCUT2D eigenvalue weighted by molar-refractivity contribution is 6.04. The Kier molecular flexibility index (Phi) is 5.74. The molecule has 0 aliphatic carbocycles. The lowest BCUT2D eigenvalue weighted by Crippen LogP contribution is -2.12. The summed E-state index contributed by atoms with van der Waals surface area (Å²) >= 11 is 0. The number of carbonyl (C=O) groups is 1. The van der Waals surface area contributed by atoms with Crippen LogP contribution in [0.4, 0.5) is 5.69 Å². The second kappa shape index (κ2) is 9.15. The van der Waals surface area contributed by atoms with Crippen LogP contribution in [0.1, 0.15) is 27.0 Å². The lowest BCUT2D eigenvalue weighted by molar-refractivity contribution is 0.102. The molecule has 1 N–H and O–H groups in total. The van der Waals surface area contributed by atoms with Crippen molar-refractivity contribution in [1.29, 1.82) is 0 Å². The fourth-order valence-electron chi connectivity index (χ4n) is 3.68. The topological polar surface area (TPSA) is 85.8 Å². The first-order valence-corrected chi connectivity index (χ1v) is 10.9. The number of rotatable bonds is 6. The Balaban J connectivity index is 1.24. The largest absolute Gasteiger partial charge is 0.332 e. The van der Waals surface area contributed by atoms with Gasteiger partial charge in [-0.25, -0.2) is 4.98 Å². The second-order valence-corrected chi connectivity index (χ2v) is 8.24. The van der Waals surface area contributed by atoms with Gasteiger partial charge in [0, 0.05) is 29.6 Å². The van der Waals surface area contributed by atoms with Crippen molar-refractivity contribution in [2.24, 2.45) is 0 Å². The first-order valence-electron chi connectivity index (χ1n) is 10.9. The molecule has 0 fully saturated rings. The molecule has 7 nitrogen and oxygen atoms in total. The summed E-state index contributed by atoms with van der Waals surface area (Å²) in [4.78, 5) is 21.3. The van der Waals surface area contributed by atoms with Crippen LogP contribution in [0.3, 0.4) is 0 Å². The van der Waals surface area contributed by atoms with Crippen LogP contribution < -0.4 is 5.32 Å². The van der Waals surface area contributed by atoms with Crippen molar-refractivity contribution in [3.8, 4) is 23.0 Å². The van der Waals surface area contributed by atoms with E-state index in [1.807, 2.05) is 91.3 Å². The van der Waals surface area contributed by atoms with Gasteiger partial charge in [-0.15, -0.1) is 0 Å². The van der Waals surface area contributed by atoms with E-state index in [1.165, 1.54) is 0 Å². The number of hydrogen-bond acceptors (Lipinski definition) is 5. The van der Waals surface area contributed by atoms with Gasteiger partial charge in [-0.05, 0) is 49.7 Å². The molecule has 7 heteroatoms. The average Bonchev–Trinajstić information content (AvgIpc) is 3.50. The van der Waals surface area contributed by atoms with Crippen molar-refractivity contribution in [3.63, 3.8) is 0 Å². The van der Waals surface area contributed by atoms with Crippen molar-refractivity contribution in [2.45, 2.75) is 20.4 Å². The average molecular weight is 450 g/mol. The monoisotopic (exact) mass is 449 g/mol. The Morgan fingerprint density at radius 2 is 1.74 bits per heavy atom. The van der Waals surface area contributed by atoms with Gasteiger partial charge < -0.3 is 14.4 Å². The van der Waals surface area contributed by atoms with Gasteiger partial charge in [-0.2, -0.15) is 4.98 Å². The Morgan fingerprint density at radius 3 is 2.50 bits per heavy atom. The van der Waals surface area contributed by atoms with Crippen LogP contribution in [0.2, 0.25) is 0 Å². The van der Waals surface area contributed by atoms with Crippen LogP contribution in [0.5, 0.6) is 0 Å². The maximum Gasteiger partial charge on any atom is 0.278 e. The fourth-order valence-corrected chi connectivity index (χ4v) is 3.68. The van der Waals surface area contributed by atoms with Crippen molar-refractivity contribution >= 4 is 11.6 Å². The third-order valence-electron chi connectivity index (χ3n) is 5.41. The fraction of sp³-hybridized carbons (Fsp3) is 0.111. The van der Waals surface area contributed by atoms with Crippen LogP contribution >= 0.6 is 0 Å². The van der Waals surface area contributed by atoms with E-state index in [9.17, 15) is 4.79 Å². The highest BCUT2D eigenvalue weighted by atomic mass is 16.5. The highest BCUT2D eigenvalue weighted by Crippen LogP contribution is 2.22. The molecule has 0 radical (unpaired) electrons. The van der Waals surface area contributed by atoms with Gasteiger partial charge in [0.25, 0.3) is 11.8 Å². The van der Waals surface area contributed by atoms with Crippen molar-refractivity contribution in [1.82, 2.24) is 19.7 Å². The summed E-state index contributed by atoms with van der Waals surface area (Å²) in [6, 6.07) is 23.2. The molecule has 0 saturated heterocycles. The Hall–Kier alpha value is -4.52. The van der Waals surface area contributed by atoms with Crippen LogP contribution in [-0.2, 0) is 6.54 Å². The second-order valence-electron chi connectivity index (χ2n) is 8.24. The summed E-state index contributed by atoms with van der Waals surface area (Å²) in [7, 11) is 0. The predicted molar refractivity (Wildman–Crippen MR) is 130 cm³/mol. The van der Waals surface area contributed by atoms with Gasteiger partial charge in [-0.1, -0.05) is 58.7 Å². The SMILES string of the molecule is Cc1cccc(C(=O)Nc2ccc(Cn3cnc(-c4nc(-c5cccc(C)c5)no4)c3)cc2)c1. The number of nitrogens with one attached hydrogen (secondary N) is 1. The minimum atomic E-state index is -0.125. The molecule has 5 aromatic rings. The zero-order valence-corrected chi connectivity index (χ0v) is 18.9. The molecule has 0 saturated carbocycles. The lowest BCUT2D eigenvalue weighted by atomic mass is 10.1. The summed E-state index contributed by atoms with van der Waals surface area (Å²) < 4.78 is 7.38. The molecule has 0 bridgehead atoms. The molecular formula is C27H23N5O2. The Bertz CT molecular complexity index is 1450. The third kappa shape index (κ3) is 4.78. The molecule has 0 atom stereocenters. The zero-order valence-electron chi connectivity index (χ0n) is 18.9. The number of nitrogens with zero attached hydrogens (tertiary/aromatic N) is 4. The quantitative estimate of drug-likeness (QED) is 0.369. The number of amides is 1. The molecule has 0 spiro atoms. The molecule has 0 aliphatic rings. The highest BCUT2D eigenvalue weighted by Gasteiger charge is 2.13. The van der Waals surface area contributed by atoms with E-state index < -0.39 is 0 Å². The number of anilines is 1. The van der Waals surface area contributed by atoms with Crippen molar-refractivity contribution < 1.29 is 9.32 Å². The lowest BCUT2D eigenvalue weighted by Gasteiger charge is -2.08.